The Morgan fingerprint density at radius 1 is 1.32 bits per heavy atom. The van der Waals surface area contributed by atoms with Crippen LogP contribution >= 0.6 is 0 Å². The molecule has 102 valence electrons. The Morgan fingerprint density at radius 3 is 2.53 bits per heavy atom. The maximum absolute atomic E-state index is 11.7. The van der Waals surface area contributed by atoms with Crippen LogP contribution < -0.4 is 5.46 Å². The second-order valence-electron chi connectivity index (χ2n) is 5.63. The van der Waals surface area contributed by atoms with Crippen LogP contribution in [0.4, 0.5) is 0 Å². The fourth-order valence-electron chi connectivity index (χ4n) is 2.11. The molecule has 0 N–H and O–H groups in total. The first-order chi connectivity index (χ1) is 8.94. The summed E-state index contributed by atoms with van der Waals surface area (Å²) in [5, 5.41) is 0. The average molecular weight is 262 g/mol. The molecule has 2 rings (SSSR count). The third kappa shape index (κ3) is 2.99. The Kier molecular flexibility index (Phi) is 3.97. The van der Waals surface area contributed by atoms with Crippen LogP contribution in [0.25, 0.3) is 0 Å². The molecule has 0 saturated carbocycles. The van der Waals surface area contributed by atoms with Crippen molar-refractivity contribution in [2.24, 2.45) is 5.41 Å². The van der Waals surface area contributed by atoms with Crippen molar-refractivity contribution < 1.29 is 18.8 Å². The number of hydrogen-bond donors (Lipinski definition) is 0. The summed E-state index contributed by atoms with van der Waals surface area (Å²) in [5.74, 6) is -0.338. The summed E-state index contributed by atoms with van der Waals surface area (Å²) in [6.07, 6.45) is 0. The number of carbonyl (C=O) groups is 1. The van der Waals surface area contributed by atoms with E-state index in [1.807, 2.05) is 19.1 Å². The third-order valence-corrected chi connectivity index (χ3v) is 3.29. The van der Waals surface area contributed by atoms with Crippen LogP contribution in [0.1, 0.15) is 29.8 Å². The predicted molar refractivity (Wildman–Crippen MR) is 73.6 cm³/mol. The molecular weight excluding hydrogens is 243 g/mol. The van der Waals surface area contributed by atoms with Crippen LogP contribution in [0.15, 0.2) is 18.2 Å². The highest BCUT2D eigenvalue weighted by Gasteiger charge is 2.34. The van der Waals surface area contributed by atoms with E-state index in [1.54, 1.807) is 6.07 Å². The summed E-state index contributed by atoms with van der Waals surface area (Å²) in [7, 11) is 0.975. The minimum atomic E-state index is -0.405. The lowest BCUT2D eigenvalue weighted by atomic mass is 9.72. The SMILES string of the molecule is COC(=O)c1cccc(B2OCC(C)(C)CO2)c1C. The molecule has 0 unspecified atom stereocenters. The zero-order chi connectivity index (χ0) is 14.0. The summed E-state index contributed by atoms with van der Waals surface area (Å²) >= 11 is 0. The number of hydrogen-bond acceptors (Lipinski definition) is 4. The van der Waals surface area contributed by atoms with Gasteiger partial charge in [0.15, 0.2) is 0 Å². The summed E-state index contributed by atoms with van der Waals surface area (Å²) in [6, 6.07) is 5.49. The van der Waals surface area contributed by atoms with Gasteiger partial charge in [0.25, 0.3) is 0 Å². The van der Waals surface area contributed by atoms with Gasteiger partial charge in [-0.05, 0) is 24.0 Å². The molecule has 0 aliphatic carbocycles. The van der Waals surface area contributed by atoms with Gasteiger partial charge in [-0.3, -0.25) is 0 Å². The van der Waals surface area contributed by atoms with Crippen molar-refractivity contribution in [1.29, 1.82) is 0 Å². The van der Waals surface area contributed by atoms with E-state index < -0.39 is 7.12 Å². The molecule has 5 heteroatoms. The maximum Gasteiger partial charge on any atom is 0.494 e. The average Bonchev–Trinajstić information content (AvgIpc) is 2.39. The minimum Gasteiger partial charge on any atom is -0.465 e. The molecule has 1 fully saturated rings. The van der Waals surface area contributed by atoms with E-state index in [9.17, 15) is 4.79 Å². The van der Waals surface area contributed by atoms with E-state index >= 15 is 0 Å². The first kappa shape index (κ1) is 14.1. The van der Waals surface area contributed by atoms with Gasteiger partial charge >= 0.3 is 13.1 Å². The van der Waals surface area contributed by atoms with Crippen LogP contribution in [0.3, 0.4) is 0 Å². The number of benzene rings is 1. The molecule has 19 heavy (non-hydrogen) atoms. The van der Waals surface area contributed by atoms with Gasteiger partial charge in [0.2, 0.25) is 0 Å². The molecule has 4 nitrogen and oxygen atoms in total. The molecular formula is C14H19BO4. The predicted octanol–water partition coefficient (Wildman–Crippen LogP) is 1.55. The summed E-state index contributed by atoms with van der Waals surface area (Å²) in [5.41, 5.74) is 2.32. The van der Waals surface area contributed by atoms with Crippen LogP contribution in [-0.2, 0) is 14.0 Å². The van der Waals surface area contributed by atoms with Crippen molar-refractivity contribution in [3.63, 3.8) is 0 Å². The van der Waals surface area contributed by atoms with Crippen LogP contribution in [0.2, 0.25) is 0 Å². The van der Waals surface area contributed by atoms with E-state index in [0.717, 1.165) is 11.0 Å². The van der Waals surface area contributed by atoms with Gasteiger partial charge in [-0.25, -0.2) is 4.79 Å². The Labute approximate surface area is 114 Å². The van der Waals surface area contributed by atoms with Crippen molar-refractivity contribution in [3.8, 4) is 0 Å². The summed E-state index contributed by atoms with van der Waals surface area (Å²) in [4.78, 5) is 11.7. The van der Waals surface area contributed by atoms with Gasteiger partial charge in [-0.2, -0.15) is 0 Å². The van der Waals surface area contributed by atoms with Gasteiger partial charge in [0, 0.05) is 18.6 Å². The number of rotatable bonds is 2. The standard InChI is InChI=1S/C14H19BO4/c1-10-11(13(16)17-4)6-5-7-12(10)15-18-8-14(2,3)9-19-15/h5-7H,8-9H2,1-4H3. The van der Waals surface area contributed by atoms with Crippen molar-refractivity contribution in [3.05, 3.63) is 29.3 Å². The smallest absolute Gasteiger partial charge is 0.465 e. The highest BCUT2D eigenvalue weighted by atomic mass is 16.6. The Balaban J connectivity index is 2.24. The lowest BCUT2D eigenvalue weighted by molar-refractivity contribution is 0.0342. The highest BCUT2D eigenvalue weighted by Crippen LogP contribution is 2.22. The first-order valence-electron chi connectivity index (χ1n) is 6.36. The molecule has 1 saturated heterocycles. The Bertz CT molecular complexity index is 474. The number of carbonyl (C=O) groups excluding carboxylic acids is 1. The van der Waals surface area contributed by atoms with Crippen LogP contribution in [-0.4, -0.2) is 33.4 Å². The van der Waals surface area contributed by atoms with Crippen molar-refractivity contribution in [2.75, 3.05) is 20.3 Å². The van der Waals surface area contributed by atoms with Crippen LogP contribution in [0.5, 0.6) is 0 Å². The zero-order valence-electron chi connectivity index (χ0n) is 11.9. The van der Waals surface area contributed by atoms with Gasteiger partial charge in [-0.1, -0.05) is 26.0 Å². The molecule has 0 atom stereocenters. The molecule has 0 bridgehead atoms. The molecule has 0 aromatic heterocycles. The van der Waals surface area contributed by atoms with Gasteiger partial charge in [0.1, 0.15) is 0 Å². The van der Waals surface area contributed by atoms with Gasteiger partial charge in [-0.15, -0.1) is 0 Å². The minimum absolute atomic E-state index is 0.0321. The Hall–Kier alpha value is -1.33. The first-order valence-corrected chi connectivity index (χ1v) is 6.36. The maximum atomic E-state index is 11.7. The molecule has 1 aromatic carbocycles. The second-order valence-corrected chi connectivity index (χ2v) is 5.63. The molecule has 1 heterocycles. The monoisotopic (exact) mass is 262 g/mol. The topological polar surface area (TPSA) is 44.8 Å². The lowest BCUT2D eigenvalue weighted by Crippen LogP contribution is -2.48. The van der Waals surface area contributed by atoms with Gasteiger partial charge in [0.05, 0.1) is 12.7 Å². The highest BCUT2D eigenvalue weighted by molar-refractivity contribution is 6.62. The number of ether oxygens (including phenoxy) is 1. The number of methoxy groups -OCH3 is 1. The zero-order valence-corrected chi connectivity index (χ0v) is 11.9. The lowest BCUT2D eigenvalue weighted by Gasteiger charge is -2.33. The van der Waals surface area contributed by atoms with E-state index in [1.165, 1.54) is 7.11 Å². The molecule has 1 aromatic rings. The quantitative estimate of drug-likeness (QED) is 0.599. The second kappa shape index (κ2) is 5.35. The van der Waals surface area contributed by atoms with Crippen molar-refractivity contribution in [1.82, 2.24) is 0 Å². The fourth-order valence-corrected chi connectivity index (χ4v) is 2.11. The van der Waals surface area contributed by atoms with Gasteiger partial charge < -0.3 is 14.0 Å². The molecule has 0 radical (unpaired) electrons. The van der Waals surface area contributed by atoms with E-state index in [-0.39, 0.29) is 11.4 Å². The molecule has 1 aliphatic rings. The fraction of sp³-hybridized carbons (Fsp3) is 0.500. The molecule has 0 amide bonds. The number of esters is 1. The van der Waals surface area contributed by atoms with E-state index in [0.29, 0.717) is 18.8 Å². The van der Waals surface area contributed by atoms with Crippen molar-refractivity contribution >= 4 is 18.6 Å². The largest absolute Gasteiger partial charge is 0.494 e. The van der Waals surface area contributed by atoms with E-state index in [2.05, 4.69) is 13.8 Å². The third-order valence-electron chi connectivity index (χ3n) is 3.29. The van der Waals surface area contributed by atoms with E-state index in [4.69, 9.17) is 14.0 Å². The summed E-state index contributed by atoms with van der Waals surface area (Å²) in [6.45, 7) is 7.36. The summed E-state index contributed by atoms with van der Waals surface area (Å²) < 4.78 is 16.3. The van der Waals surface area contributed by atoms with Crippen LogP contribution in [0, 0.1) is 12.3 Å². The molecule has 0 spiro atoms. The normalized spacial score (nSPS) is 18.2. The molecule has 1 aliphatic heterocycles. The van der Waals surface area contributed by atoms with Crippen molar-refractivity contribution in [2.45, 2.75) is 20.8 Å². The Morgan fingerprint density at radius 2 is 1.95 bits per heavy atom.